The first-order valence-electron chi connectivity index (χ1n) is 11.3. The molecule has 3 heterocycles. The van der Waals surface area contributed by atoms with Gasteiger partial charge in [-0.15, -0.1) is 0 Å². The van der Waals surface area contributed by atoms with Crippen molar-refractivity contribution in [1.82, 2.24) is 24.1 Å². The first-order chi connectivity index (χ1) is 17.1. The van der Waals surface area contributed by atoms with Gasteiger partial charge in [0, 0.05) is 36.9 Å². The molecule has 0 aliphatic rings. The van der Waals surface area contributed by atoms with Gasteiger partial charge in [0.25, 0.3) is 0 Å². The number of benzene rings is 3. The van der Waals surface area contributed by atoms with Crippen LogP contribution >= 0.6 is 0 Å². The van der Waals surface area contributed by atoms with E-state index in [1.54, 1.807) is 6.33 Å². The minimum absolute atomic E-state index is 0.00160. The van der Waals surface area contributed by atoms with Crippen molar-refractivity contribution in [3.05, 3.63) is 102 Å². The fourth-order valence-electron chi connectivity index (χ4n) is 4.45. The van der Waals surface area contributed by atoms with Gasteiger partial charge in [0.1, 0.15) is 0 Å². The van der Waals surface area contributed by atoms with Gasteiger partial charge in [-0.2, -0.15) is 9.61 Å². The molecule has 0 amide bonds. The van der Waals surface area contributed by atoms with Crippen molar-refractivity contribution in [3.63, 3.8) is 0 Å². The van der Waals surface area contributed by atoms with Crippen LogP contribution in [0.25, 0.3) is 39.2 Å². The molecular weight excluding hydrogens is 436 g/mol. The molecule has 3 aromatic heterocycles. The van der Waals surface area contributed by atoms with Crippen LogP contribution in [-0.2, 0) is 7.05 Å². The maximum atomic E-state index is 13.3. The Balaban J connectivity index is 1.47. The SMILES string of the molecule is CNc1nc2cc(-c3cccc(-c4ccccc4C(=O)c4ccccc4)c3)nn2c2c1ncn2C. The lowest BCUT2D eigenvalue weighted by atomic mass is 9.93. The van der Waals surface area contributed by atoms with E-state index in [1.807, 2.05) is 102 Å². The molecule has 0 saturated carbocycles. The Kier molecular flexibility index (Phi) is 4.88. The normalized spacial score (nSPS) is 11.3. The standard InChI is InChI=1S/C28H22N6O/c1-29-27-25-28(33(2)17-30-25)34-24(31-27)16-23(32-34)20-12-8-11-19(15-20)21-13-6-7-14-22(21)26(35)18-9-4-3-5-10-18/h3-17H,1-2H3,(H,29,31). The van der Waals surface area contributed by atoms with Crippen molar-refractivity contribution in [2.45, 2.75) is 0 Å². The Morgan fingerprint density at radius 1 is 0.886 bits per heavy atom. The Bertz CT molecular complexity index is 1710. The van der Waals surface area contributed by atoms with E-state index in [9.17, 15) is 4.79 Å². The number of ketones is 1. The van der Waals surface area contributed by atoms with Gasteiger partial charge in [0.15, 0.2) is 28.4 Å². The van der Waals surface area contributed by atoms with Crippen LogP contribution in [0.2, 0.25) is 0 Å². The first kappa shape index (κ1) is 20.8. The summed E-state index contributed by atoms with van der Waals surface area (Å²) in [7, 11) is 3.78. The van der Waals surface area contributed by atoms with Crippen molar-refractivity contribution in [3.8, 4) is 22.4 Å². The second kappa shape index (κ2) is 8.22. The topological polar surface area (TPSA) is 77.1 Å². The molecule has 1 N–H and O–H groups in total. The number of hydrogen-bond acceptors (Lipinski definition) is 5. The molecule has 0 saturated heterocycles. The van der Waals surface area contributed by atoms with Crippen LogP contribution in [0, 0.1) is 0 Å². The fourth-order valence-corrected chi connectivity index (χ4v) is 4.45. The highest BCUT2D eigenvalue weighted by molar-refractivity contribution is 6.12. The number of aromatic nitrogens is 5. The molecule has 0 radical (unpaired) electrons. The van der Waals surface area contributed by atoms with Crippen molar-refractivity contribution in [2.24, 2.45) is 7.05 Å². The van der Waals surface area contributed by atoms with E-state index in [4.69, 9.17) is 10.1 Å². The number of fused-ring (bicyclic) bond motifs is 3. The number of carbonyl (C=O) groups excluding carboxylic acids is 1. The maximum Gasteiger partial charge on any atom is 0.193 e. The highest BCUT2D eigenvalue weighted by Crippen LogP contribution is 2.31. The lowest BCUT2D eigenvalue weighted by Gasteiger charge is -2.10. The lowest BCUT2D eigenvalue weighted by Crippen LogP contribution is -2.03. The van der Waals surface area contributed by atoms with Crippen LogP contribution in [0.15, 0.2) is 91.3 Å². The molecule has 6 rings (SSSR count). The van der Waals surface area contributed by atoms with Gasteiger partial charge in [-0.05, 0) is 17.2 Å². The maximum absolute atomic E-state index is 13.3. The number of imidazole rings is 1. The second-order valence-electron chi connectivity index (χ2n) is 8.36. The van der Waals surface area contributed by atoms with Gasteiger partial charge in [-0.1, -0.05) is 72.8 Å². The third kappa shape index (κ3) is 3.45. The predicted octanol–water partition coefficient (Wildman–Crippen LogP) is 5.22. The van der Waals surface area contributed by atoms with E-state index in [1.165, 1.54) is 0 Å². The van der Waals surface area contributed by atoms with E-state index in [2.05, 4.69) is 16.4 Å². The van der Waals surface area contributed by atoms with E-state index < -0.39 is 0 Å². The molecule has 6 aromatic rings. The predicted molar refractivity (Wildman–Crippen MR) is 138 cm³/mol. The summed E-state index contributed by atoms with van der Waals surface area (Å²) < 4.78 is 3.75. The summed E-state index contributed by atoms with van der Waals surface area (Å²) in [5, 5.41) is 7.98. The van der Waals surface area contributed by atoms with E-state index in [0.29, 0.717) is 16.9 Å². The summed E-state index contributed by atoms with van der Waals surface area (Å²) in [6.45, 7) is 0. The van der Waals surface area contributed by atoms with Crippen LogP contribution in [0.5, 0.6) is 0 Å². The molecule has 0 atom stereocenters. The summed E-state index contributed by atoms with van der Waals surface area (Å²) in [5.41, 5.74) is 7.26. The number of carbonyl (C=O) groups is 1. The number of nitrogens with zero attached hydrogens (tertiary/aromatic N) is 5. The molecule has 0 fully saturated rings. The molecule has 0 aliphatic heterocycles. The zero-order valence-electron chi connectivity index (χ0n) is 19.3. The van der Waals surface area contributed by atoms with Crippen molar-refractivity contribution in [1.29, 1.82) is 0 Å². The van der Waals surface area contributed by atoms with Gasteiger partial charge in [0.2, 0.25) is 0 Å². The lowest BCUT2D eigenvalue weighted by molar-refractivity contribution is 0.103. The van der Waals surface area contributed by atoms with Gasteiger partial charge < -0.3 is 9.88 Å². The second-order valence-corrected chi connectivity index (χ2v) is 8.36. The fraction of sp³-hybridized carbons (Fsp3) is 0.0714. The monoisotopic (exact) mass is 458 g/mol. The molecule has 35 heavy (non-hydrogen) atoms. The Morgan fingerprint density at radius 2 is 1.66 bits per heavy atom. The van der Waals surface area contributed by atoms with Crippen LogP contribution in [0.1, 0.15) is 15.9 Å². The van der Waals surface area contributed by atoms with E-state index in [-0.39, 0.29) is 5.78 Å². The third-order valence-electron chi connectivity index (χ3n) is 6.16. The van der Waals surface area contributed by atoms with E-state index >= 15 is 0 Å². The average Bonchev–Trinajstić information content (AvgIpc) is 3.52. The smallest absolute Gasteiger partial charge is 0.193 e. The minimum Gasteiger partial charge on any atom is -0.371 e. The number of nitrogens with one attached hydrogen (secondary N) is 1. The molecule has 0 bridgehead atoms. The summed E-state index contributed by atoms with van der Waals surface area (Å²) in [6.07, 6.45) is 1.76. The van der Waals surface area contributed by atoms with Crippen LogP contribution in [0.4, 0.5) is 5.82 Å². The van der Waals surface area contributed by atoms with Crippen molar-refractivity contribution >= 4 is 28.4 Å². The Labute approximate surface area is 201 Å². The number of rotatable bonds is 5. The van der Waals surface area contributed by atoms with Crippen molar-refractivity contribution < 1.29 is 4.79 Å². The largest absolute Gasteiger partial charge is 0.371 e. The van der Waals surface area contributed by atoms with Crippen molar-refractivity contribution in [2.75, 3.05) is 12.4 Å². The molecule has 0 unspecified atom stereocenters. The average molecular weight is 459 g/mol. The molecule has 0 spiro atoms. The molecule has 7 heteroatoms. The summed E-state index contributed by atoms with van der Waals surface area (Å²) in [6, 6.07) is 27.1. The minimum atomic E-state index is 0.00160. The molecular formula is C28H22N6O. The quantitative estimate of drug-likeness (QED) is 0.358. The van der Waals surface area contributed by atoms with Gasteiger partial charge >= 0.3 is 0 Å². The Hall–Kier alpha value is -4.78. The number of hydrogen-bond donors (Lipinski definition) is 1. The first-order valence-corrected chi connectivity index (χ1v) is 11.3. The van der Waals surface area contributed by atoms with E-state index in [0.717, 1.165) is 39.2 Å². The van der Waals surface area contributed by atoms with Gasteiger partial charge in [-0.25, -0.2) is 9.97 Å². The highest BCUT2D eigenvalue weighted by atomic mass is 16.1. The zero-order valence-corrected chi connectivity index (χ0v) is 19.3. The summed E-state index contributed by atoms with van der Waals surface area (Å²) >= 11 is 0. The van der Waals surface area contributed by atoms with Gasteiger partial charge in [-0.3, -0.25) is 4.79 Å². The molecule has 3 aromatic carbocycles. The summed E-state index contributed by atoms with van der Waals surface area (Å²) in [4.78, 5) is 22.4. The molecule has 7 nitrogen and oxygen atoms in total. The molecule has 170 valence electrons. The number of anilines is 1. The third-order valence-corrected chi connectivity index (χ3v) is 6.16. The summed E-state index contributed by atoms with van der Waals surface area (Å²) in [5.74, 6) is 0.711. The zero-order chi connectivity index (χ0) is 23.9. The molecule has 0 aliphatic carbocycles. The van der Waals surface area contributed by atoms with Gasteiger partial charge in [0.05, 0.1) is 12.0 Å². The highest BCUT2D eigenvalue weighted by Gasteiger charge is 2.17. The van der Waals surface area contributed by atoms with Crippen LogP contribution in [-0.4, -0.2) is 37.0 Å². The Morgan fingerprint density at radius 3 is 2.49 bits per heavy atom. The van der Waals surface area contributed by atoms with Crippen LogP contribution < -0.4 is 5.32 Å². The van der Waals surface area contributed by atoms with Crippen LogP contribution in [0.3, 0.4) is 0 Å². The number of aryl methyl sites for hydroxylation is 1.